The number of aromatic nitrogens is 2. The second-order valence-electron chi connectivity index (χ2n) is 8.50. The van der Waals surface area contributed by atoms with Crippen LogP contribution in [0.25, 0.3) is 16.7 Å². The normalized spacial score (nSPS) is 19.8. The van der Waals surface area contributed by atoms with Crippen molar-refractivity contribution in [2.75, 3.05) is 31.2 Å². The largest absolute Gasteiger partial charge is 0.379 e. The minimum absolute atomic E-state index is 0.0445. The average Bonchev–Trinajstić information content (AvgIpc) is 3.42. The van der Waals surface area contributed by atoms with Crippen LogP contribution in [0.5, 0.6) is 0 Å². The number of halogens is 1. The number of amides is 1. The third-order valence-corrected chi connectivity index (χ3v) is 6.76. The Hall–Kier alpha value is -2.57. The molecule has 2 aromatic carbocycles. The predicted octanol–water partition coefficient (Wildman–Crippen LogP) is 4.11. The zero-order chi connectivity index (χ0) is 21.4. The summed E-state index contributed by atoms with van der Waals surface area (Å²) in [7, 11) is 0. The van der Waals surface area contributed by atoms with E-state index < -0.39 is 0 Å². The summed E-state index contributed by atoms with van der Waals surface area (Å²) >= 11 is 6.39. The Morgan fingerprint density at radius 3 is 2.65 bits per heavy atom. The second-order valence-corrected chi connectivity index (χ2v) is 8.91. The van der Waals surface area contributed by atoms with Crippen molar-refractivity contribution >= 4 is 34.5 Å². The number of carbonyl (C=O) groups is 1. The van der Waals surface area contributed by atoms with Crippen LogP contribution in [-0.2, 0) is 9.53 Å². The fourth-order valence-electron chi connectivity index (χ4n) is 4.54. The van der Waals surface area contributed by atoms with E-state index in [9.17, 15) is 4.79 Å². The van der Waals surface area contributed by atoms with Crippen LogP contribution in [-0.4, -0.2) is 47.8 Å². The highest BCUT2D eigenvalue weighted by atomic mass is 35.5. The minimum Gasteiger partial charge on any atom is -0.379 e. The van der Waals surface area contributed by atoms with Crippen LogP contribution >= 0.6 is 11.6 Å². The molecule has 0 aliphatic carbocycles. The molecule has 1 aromatic heterocycles. The molecule has 2 aliphatic rings. The van der Waals surface area contributed by atoms with E-state index in [1.165, 1.54) is 0 Å². The van der Waals surface area contributed by atoms with E-state index in [4.69, 9.17) is 21.3 Å². The SMILES string of the molecule is Cc1cc2c(cc1Cl)nc(N1CCC(C(=O)NC3CCOC3)CC1)n2-c1ccccc1. The van der Waals surface area contributed by atoms with Gasteiger partial charge in [-0.05, 0) is 56.0 Å². The van der Waals surface area contributed by atoms with Gasteiger partial charge in [0, 0.05) is 36.3 Å². The molecule has 31 heavy (non-hydrogen) atoms. The molecule has 1 unspecified atom stereocenters. The number of rotatable bonds is 4. The fourth-order valence-corrected chi connectivity index (χ4v) is 4.70. The van der Waals surface area contributed by atoms with E-state index in [1.807, 2.05) is 31.2 Å². The minimum atomic E-state index is 0.0445. The van der Waals surface area contributed by atoms with Gasteiger partial charge in [-0.1, -0.05) is 29.8 Å². The van der Waals surface area contributed by atoms with Crippen LogP contribution in [0.15, 0.2) is 42.5 Å². The van der Waals surface area contributed by atoms with Gasteiger partial charge in [0.2, 0.25) is 11.9 Å². The summed E-state index contributed by atoms with van der Waals surface area (Å²) in [5.74, 6) is 1.11. The predicted molar refractivity (Wildman–Crippen MR) is 123 cm³/mol. The van der Waals surface area contributed by atoms with Crippen molar-refractivity contribution in [1.82, 2.24) is 14.9 Å². The summed E-state index contributed by atoms with van der Waals surface area (Å²) in [6.07, 6.45) is 2.54. The molecule has 0 bridgehead atoms. The third-order valence-electron chi connectivity index (χ3n) is 6.36. The Bertz CT molecular complexity index is 1080. The molecule has 3 aromatic rings. The number of nitrogens with zero attached hydrogens (tertiary/aromatic N) is 3. The quantitative estimate of drug-likeness (QED) is 0.666. The number of nitrogens with one attached hydrogen (secondary N) is 1. The Labute approximate surface area is 187 Å². The Morgan fingerprint density at radius 1 is 1.16 bits per heavy atom. The zero-order valence-corrected chi connectivity index (χ0v) is 18.4. The number of benzene rings is 2. The summed E-state index contributed by atoms with van der Waals surface area (Å²) in [4.78, 5) is 19.9. The van der Waals surface area contributed by atoms with E-state index in [2.05, 4.69) is 33.0 Å². The lowest BCUT2D eigenvalue weighted by molar-refractivity contribution is -0.126. The number of hydrogen-bond donors (Lipinski definition) is 1. The van der Waals surface area contributed by atoms with Crippen molar-refractivity contribution in [1.29, 1.82) is 0 Å². The van der Waals surface area contributed by atoms with Gasteiger partial charge in [0.25, 0.3) is 0 Å². The number of para-hydroxylation sites is 1. The summed E-state index contributed by atoms with van der Waals surface area (Å²) in [6.45, 7) is 4.98. The van der Waals surface area contributed by atoms with Crippen LogP contribution in [0, 0.1) is 12.8 Å². The molecular weight excluding hydrogens is 412 g/mol. The second kappa shape index (κ2) is 8.52. The molecule has 1 amide bonds. The number of ether oxygens (including phenoxy) is 1. The maximum atomic E-state index is 12.7. The number of fused-ring (bicyclic) bond motifs is 1. The number of carbonyl (C=O) groups excluding carboxylic acids is 1. The highest BCUT2D eigenvalue weighted by Crippen LogP contribution is 2.32. The van der Waals surface area contributed by atoms with Crippen molar-refractivity contribution in [3.63, 3.8) is 0 Å². The molecule has 2 fully saturated rings. The molecule has 3 heterocycles. The van der Waals surface area contributed by atoms with Crippen molar-refractivity contribution in [2.24, 2.45) is 5.92 Å². The molecule has 0 radical (unpaired) electrons. The standard InChI is InChI=1S/C24H27ClN4O2/c1-16-13-22-21(14-20(16)25)27-24(29(22)19-5-3-2-4-6-19)28-10-7-17(8-11-28)23(30)26-18-9-12-31-15-18/h2-6,13-14,17-18H,7-12,15H2,1H3,(H,26,30). The molecule has 2 aliphatic heterocycles. The van der Waals surface area contributed by atoms with Crippen molar-refractivity contribution in [3.8, 4) is 5.69 Å². The summed E-state index contributed by atoms with van der Waals surface area (Å²) in [5, 5.41) is 3.88. The molecule has 162 valence electrons. The zero-order valence-electron chi connectivity index (χ0n) is 17.7. The van der Waals surface area contributed by atoms with Gasteiger partial charge in [-0.15, -0.1) is 0 Å². The first kappa shape index (κ1) is 20.3. The van der Waals surface area contributed by atoms with Crippen molar-refractivity contribution in [3.05, 3.63) is 53.1 Å². The first-order valence-corrected chi connectivity index (χ1v) is 11.3. The first-order valence-electron chi connectivity index (χ1n) is 11.0. The molecule has 7 heteroatoms. The van der Waals surface area contributed by atoms with E-state index in [0.29, 0.717) is 6.61 Å². The Kier molecular flexibility index (Phi) is 5.59. The summed E-state index contributed by atoms with van der Waals surface area (Å²) < 4.78 is 7.58. The lowest BCUT2D eigenvalue weighted by atomic mass is 9.95. The third kappa shape index (κ3) is 4.02. The van der Waals surface area contributed by atoms with Gasteiger partial charge in [0.05, 0.1) is 23.7 Å². The van der Waals surface area contributed by atoms with Crippen LogP contribution in [0.4, 0.5) is 5.95 Å². The van der Waals surface area contributed by atoms with Gasteiger partial charge in [0.1, 0.15) is 0 Å². The van der Waals surface area contributed by atoms with Gasteiger partial charge in [0.15, 0.2) is 0 Å². The number of anilines is 1. The van der Waals surface area contributed by atoms with Gasteiger partial charge < -0.3 is 15.0 Å². The van der Waals surface area contributed by atoms with Crippen LogP contribution in [0.3, 0.4) is 0 Å². The molecule has 0 saturated carbocycles. The first-order chi connectivity index (χ1) is 15.1. The average molecular weight is 439 g/mol. The van der Waals surface area contributed by atoms with E-state index in [0.717, 1.165) is 72.2 Å². The monoisotopic (exact) mass is 438 g/mol. The highest BCUT2D eigenvalue weighted by Gasteiger charge is 2.30. The van der Waals surface area contributed by atoms with Gasteiger partial charge >= 0.3 is 0 Å². The molecule has 1 atom stereocenters. The maximum absolute atomic E-state index is 12.7. The molecule has 6 nitrogen and oxygen atoms in total. The molecular formula is C24H27ClN4O2. The van der Waals surface area contributed by atoms with Crippen molar-refractivity contribution < 1.29 is 9.53 Å². The maximum Gasteiger partial charge on any atom is 0.223 e. The summed E-state index contributed by atoms with van der Waals surface area (Å²) in [6, 6.07) is 14.5. The number of imidazole rings is 1. The molecule has 5 rings (SSSR count). The lowest BCUT2D eigenvalue weighted by Crippen LogP contribution is -2.44. The summed E-state index contributed by atoms with van der Waals surface area (Å²) in [5.41, 5.74) is 4.03. The molecule has 1 N–H and O–H groups in total. The highest BCUT2D eigenvalue weighted by molar-refractivity contribution is 6.32. The van der Waals surface area contributed by atoms with Crippen LogP contribution < -0.4 is 10.2 Å². The number of hydrogen-bond acceptors (Lipinski definition) is 4. The van der Waals surface area contributed by atoms with E-state index in [-0.39, 0.29) is 17.9 Å². The molecule has 2 saturated heterocycles. The molecule has 0 spiro atoms. The smallest absolute Gasteiger partial charge is 0.223 e. The fraction of sp³-hybridized carbons (Fsp3) is 0.417. The van der Waals surface area contributed by atoms with Gasteiger partial charge in [-0.25, -0.2) is 4.98 Å². The van der Waals surface area contributed by atoms with Gasteiger partial charge in [-0.2, -0.15) is 0 Å². The van der Waals surface area contributed by atoms with Gasteiger partial charge in [-0.3, -0.25) is 9.36 Å². The number of aryl methyl sites for hydroxylation is 1. The van der Waals surface area contributed by atoms with E-state index in [1.54, 1.807) is 0 Å². The van der Waals surface area contributed by atoms with Crippen molar-refractivity contribution in [2.45, 2.75) is 32.2 Å². The Balaban J connectivity index is 1.41. The lowest BCUT2D eigenvalue weighted by Gasteiger charge is -2.32. The topological polar surface area (TPSA) is 59.4 Å². The van der Waals surface area contributed by atoms with E-state index >= 15 is 0 Å². The number of piperidine rings is 1. The van der Waals surface area contributed by atoms with Crippen LogP contribution in [0.1, 0.15) is 24.8 Å². The van der Waals surface area contributed by atoms with Crippen LogP contribution in [0.2, 0.25) is 5.02 Å². The Morgan fingerprint density at radius 2 is 1.94 bits per heavy atom.